The minimum atomic E-state index is -0.299. The molecule has 1 heterocycles. The van der Waals surface area contributed by atoms with Gasteiger partial charge in [0.2, 0.25) is 0 Å². The van der Waals surface area contributed by atoms with Crippen LogP contribution in [0.15, 0.2) is 29.1 Å². The van der Waals surface area contributed by atoms with Crippen LogP contribution < -0.4 is 10.4 Å². The van der Waals surface area contributed by atoms with Gasteiger partial charge in [0, 0.05) is 7.05 Å². The molecule has 17 heavy (non-hydrogen) atoms. The first-order chi connectivity index (χ1) is 8.17. The van der Waals surface area contributed by atoms with Crippen LogP contribution in [-0.2, 0) is 7.05 Å². The van der Waals surface area contributed by atoms with Gasteiger partial charge < -0.3 is 4.74 Å². The van der Waals surface area contributed by atoms with E-state index in [-0.39, 0.29) is 11.7 Å². The average Bonchev–Trinajstić information content (AvgIpc) is 2.66. The monoisotopic (exact) mass is 230 g/mol. The number of aromatic nitrogens is 3. The van der Waals surface area contributed by atoms with Gasteiger partial charge in [-0.05, 0) is 24.3 Å². The molecule has 0 aliphatic carbocycles. The number of nitriles is 1. The van der Waals surface area contributed by atoms with Crippen molar-refractivity contribution in [3.8, 4) is 17.8 Å². The van der Waals surface area contributed by atoms with Crippen molar-refractivity contribution in [2.45, 2.75) is 0 Å². The fraction of sp³-hybridized carbons (Fsp3) is 0.182. The molecule has 6 heteroatoms. The first-order valence-electron chi connectivity index (χ1n) is 4.88. The number of rotatable bonds is 2. The lowest BCUT2D eigenvalue weighted by Crippen LogP contribution is -2.21. The molecule has 0 unspecified atom stereocenters. The molecule has 0 bridgehead atoms. The second kappa shape index (κ2) is 4.14. The van der Waals surface area contributed by atoms with E-state index in [1.54, 1.807) is 31.3 Å². The van der Waals surface area contributed by atoms with Crippen molar-refractivity contribution in [2.75, 3.05) is 7.11 Å². The van der Waals surface area contributed by atoms with Gasteiger partial charge in [0.05, 0.1) is 24.4 Å². The number of methoxy groups -OCH3 is 1. The number of ether oxygens (including phenoxy) is 1. The number of hydrogen-bond acceptors (Lipinski definition) is 4. The van der Waals surface area contributed by atoms with Gasteiger partial charge in [-0.1, -0.05) is 0 Å². The van der Waals surface area contributed by atoms with Crippen LogP contribution in [0.25, 0.3) is 5.69 Å². The van der Waals surface area contributed by atoms with Crippen LogP contribution in [0.1, 0.15) is 5.56 Å². The highest BCUT2D eigenvalue weighted by Crippen LogP contribution is 2.08. The quantitative estimate of drug-likeness (QED) is 0.750. The van der Waals surface area contributed by atoms with Crippen molar-refractivity contribution in [1.82, 2.24) is 14.3 Å². The van der Waals surface area contributed by atoms with Crippen LogP contribution in [0.5, 0.6) is 6.01 Å². The van der Waals surface area contributed by atoms with Gasteiger partial charge in [-0.3, -0.25) is 0 Å². The average molecular weight is 230 g/mol. The van der Waals surface area contributed by atoms with Crippen molar-refractivity contribution in [2.24, 2.45) is 7.05 Å². The van der Waals surface area contributed by atoms with Crippen LogP contribution in [-0.4, -0.2) is 21.5 Å². The third kappa shape index (κ3) is 1.78. The summed E-state index contributed by atoms with van der Waals surface area (Å²) in [6.07, 6.45) is 0. The Balaban J connectivity index is 2.53. The molecule has 0 saturated heterocycles. The Kier molecular flexibility index (Phi) is 2.66. The Morgan fingerprint density at radius 2 is 2.00 bits per heavy atom. The van der Waals surface area contributed by atoms with E-state index in [9.17, 15) is 4.79 Å². The maximum Gasteiger partial charge on any atom is 0.353 e. The van der Waals surface area contributed by atoms with Crippen LogP contribution in [0.2, 0.25) is 0 Å². The molecular formula is C11H10N4O2. The highest BCUT2D eigenvalue weighted by molar-refractivity contribution is 5.38. The van der Waals surface area contributed by atoms with Crippen molar-refractivity contribution in [3.05, 3.63) is 40.3 Å². The zero-order valence-corrected chi connectivity index (χ0v) is 9.41. The van der Waals surface area contributed by atoms with E-state index in [0.29, 0.717) is 11.3 Å². The maximum absolute atomic E-state index is 11.8. The largest absolute Gasteiger partial charge is 0.467 e. The topological polar surface area (TPSA) is 72.8 Å². The van der Waals surface area contributed by atoms with Gasteiger partial charge in [-0.15, -0.1) is 5.10 Å². The van der Waals surface area contributed by atoms with Crippen LogP contribution in [0.3, 0.4) is 0 Å². The Bertz CT molecular complexity index is 631. The molecule has 2 aromatic rings. The molecule has 6 nitrogen and oxygen atoms in total. The van der Waals surface area contributed by atoms with Crippen LogP contribution >= 0.6 is 0 Å². The lowest BCUT2D eigenvalue weighted by atomic mass is 10.2. The normalized spacial score (nSPS) is 9.94. The minimum Gasteiger partial charge on any atom is -0.467 e. The summed E-state index contributed by atoms with van der Waals surface area (Å²) < 4.78 is 7.48. The van der Waals surface area contributed by atoms with E-state index in [1.165, 1.54) is 16.4 Å². The molecule has 0 fully saturated rings. The molecule has 1 aromatic heterocycles. The Morgan fingerprint density at radius 1 is 1.35 bits per heavy atom. The van der Waals surface area contributed by atoms with E-state index in [2.05, 4.69) is 5.10 Å². The Morgan fingerprint density at radius 3 is 2.47 bits per heavy atom. The molecule has 0 spiro atoms. The smallest absolute Gasteiger partial charge is 0.353 e. The standard InChI is InChI=1S/C11H10N4O2/c1-14-10(17-2)13-15(11(14)16)9-5-3-8(7-12)4-6-9/h3-6H,1-2H3. The molecule has 0 saturated carbocycles. The minimum absolute atomic E-state index is 0.236. The van der Waals surface area contributed by atoms with Crippen molar-refractivity contribution >= 4 is 0 Å². The molecule has 0 amide bonds. The molecule has 0 aliphatic heterocycles. The lowest BCUT2D eigenvalue weighted by molar-refractivity contribution is 0.362. The van der Waals surface area contributed by atoms with Crippen molar-refractivity contribution in [3.63, 3.8) is 0 Å². The summed E-state index contributed by atoms with van der Waals surface area (Å²) in [5.74, 6) is 0. The highest BCUT2D eigenvalue weighted by atomic mass is 16.5. The van der Waals surface area contributed by atoms with Gasteiger partial charge >= 0.3 is 11.7 Å². The predicted molar refractivity (Wildman–Crippen MR) is 60.1 cm³/mol. The summed E-state index contributed by atoms with van der Waals surface area (Å²) in [4.78, 5) is 11.8. The van der Waals surface area contributed by atoms with E-state index in [4.69, 9.17) is 10.00 Å². The molecular weight excluding hydrogens is 220 g/mol. The van der Waals surface area contributed by atoms with E-state index in [0.717, 1.165) is 0 Å². The van der Waals surface area contributed by atoms with E-state index in [1.807, 2.05) is 6.07 Å². The fourth-order valence-electron chi connectivity index (χ4n) is 1.44. The van der Waals surface area contributed by atoms with Gasteiger partial charge in [0.25, 0.3) is 0 Å². The zero-order chi connectivity index (χ0) is 12.4. The number of nitrogens with zero attached hydrogens (tertiary/aromatic N) is 4. The summed E-state index contributed by atoms with van der Waals surface area (Å²) in [5.41, 5.74) is 0.823. The lowest BCUT2D eigenvalue weighted by Gasteiger charge is -1.97. The molecule has 0 N–H and O–H groups in total. The number of hydrogen-bond donors (Lipinski definition) is 0. The molecule has 0 radical (unpaired) electrons. The number of benzene rings is 1. The first kappa shape index (κ1) is 11.0. The summed E-state index contributed by atoms with van der Waals surface area (Å²) >= 11 is 0. The second-order valence-corrected chi connectivity index (χ2v) is 3.40. The van der Waals surface area contributed by atoms with Gasteiger partial charge in [0.1, 0.15) is 0 Å². The summed E-state index contributed by atoms with van der Waals surface area (Å²) in [6, 6.07) is 8.82. The molecule has 86 valence electrons. The van der Waals surface area contributed by atoms with Crippen molar-refractivity contribution in [1.29, 1.82) is 5.26 Å². The SMILES string of the molecule is COc1nn(-c2ccc(C#N)cc2)c(=O)n1C. The first-order valence-corrected chi connectivity index (χ1v) is 4.88. The third-order valence-corrected chi connectivity index (χ3v) is 2.36. The fourth-order valence-corrected chi connectivity index (χ4v) is 1.44. The maximum atomic E-state index is 11.8. The van der Waals surface area contributed by atoms with Crippen molar-refractivity contribution < 1.29 is 4.74 Å². The van der Waals surface area contributed by atoms with E-state index < -0.39 is 0 Å². The Labute approximate surface area is 97.3 Å². The zero-order valence-electron chi connectivity index (χ0n) is 9.41. The molecule has 0 atom stereocenters. The van der Waals surface area contributed by atoms with Gasteiger partial charge in [-0.2, -0.15) is 9.94 Å². The molecule has 0 aliphatic rings. The Hall–Kier alpha value is -2.55. The molecule has 2 rings (SSSR count). The van der Waals surface area contributed by atoms with Gasteiger partial charge in [0.15, 0.2) is 0 Å². The highest BCUT2D eigenvalue weighted by Gasteiger charge is 2.11. The summed E-state index contributed by atoms with van der Waals surface area (Å²) in [7, 11) is 3.03. The summed E-state index contributed by atoms with van der Waals surface area (Å²) in [5, 5.41) is 12.7. The van der Waals surface area contributed by atoms with E-state index >= 15 is 0 Å². The summed E-state index contributed by atoms with van der Waals surface area (Å²) in [6.45, 7) is 0. The van der Waals surface area contributed by atoms with Crippen LogP contribution in [0, 0.1) is 11.3 Å². The predicted octanol–water partition coefficient (Wildman–Crippen LogP) is 0.451. The second-order valence-electron chi connectivity index (χ2n) is 3.40. The van der Waals surface area contributed by atoms with Crippen LogP contribution in [0.4, 0.5) is 0 Å². The third-order valence-electron chi connectivity index (χ3n) is 2.36. The molecule has 1 aromatic carbocycles. The van der Waals surface area contributed by atoms with Gasteiger partial charge in [-0.25, -0.2) is 9.36 Å².